The number of rotatable bonds is 8. The van der Waals surface area contributed by atoms with E-state index in [9.17, 15) is 8.78 Å². The van der Waals surface area contributed by atoms with Gasteiger partial charge in [-0.15, -0.1) is 0 Å². The number of piperidine rings is 1. The topological polar surface area (TPSA) is 59.5 Å². The van der Waals surface area contributed by atoms with Gasteiger partial charge in [0.15, 0.2) is 23.1 Å². The number of halogens is 3. The average molecular weight is 413 g/mol. The molecule has 1 N–H and O–H groups in total. The van der Waals surface area contributed by atoms with E-state index in [-0.39, 0.29) is 23.8 Å². The molecule has 0 amide bonds. The molecule has 28 heavy (non-hydrogen) atoms. The summed E-state index contributed by atoms with van der Waals surface area (Å²) >= 11 is 5.74. The minimum absolute atomic E-state index is 0.000491. The summed E-state index contributed by atoms with van der Waals surface area (Å²) in [5, 5.41) is 3.13. The standard InChI is InChI=1S/C19H23ClF2N4O2/c1-27-16-3-2-13(10-17(16)28-9-6-21)12-26-7-4-14(5-8-26)24-18-15(22)11-23-19(20)25-18/h2-3,10-11,14H,4-9,12H2,1H3,(H,23,24,25). The number of ether oxygens (including phenoxy) is 2. The number of alkyl halides is 1. The van der Waals surface area contributed by atoms with Gasteiger partial charge in [-0.3, -0.25) is 4.90 Å². The highest BCUT2D eigenvalue weighted by atomic mass is 35.5. The summed E-state index contributed by atoms with van der Waals surface area (Å²) in [7, 11) is 1.56. The van der Waals surface area contributed by atoms with Gasteiger partial charge in [0.2, 0.25) is 5.28 Å². The predicted octanol–water partition coefficient (Wildman–Crippen LogP) is 3.70. The molecule has 3 rings (SSSR count). The van der Waals surface area contributed by atoms with Crippen molar-refractivity contribution >= 4 is 17.4 Å². The molecule has 0 saturated carbocycles. The number of anilines is 1. The normalized spacial score (nSPS) is 15.4. The molecule has 1 fully saturated rings. The molecule has 0 spiro atoms. The Bertz CT molecular complexity index is 789. The minimum Gasteiger partial charge on any atom is -0.493 e. The highest BCUT2D eigenvalue weighted by molar-refractivity contribution is 6.28. The maximum absolute atomic E-state index is 13.8. The Hall–Kier alpha value is -2.19. The number of likely N-dealkylation sites (tertiary alicyclic amines) is 1. The zero-order valence-corrected chi connectivity index (χ0v) is 16.4. The molecule has 0 atom stereocenters. The van der Waals surface area contributed by atoms with Crippen molar-refractivity contribution < 1.29 is 18.3 Å². The number of hydrogen-bond donors (Lipinski definition) is 1. The van der Waals surface area contributed by atoms with Crippen LogP contribution in [0, 0.1) is 5.82 Å². The van der Waals surface area contributed by atoms with Gasteiger partial charge < -0.3 is 14.8 Å². The summed E-state index contributed by atoms with van der Waals surface area (Å²) in [5.41, 5.74) is 1.06. The van der Waals surface area contributed by atoms with Gasteiger partial charge in [0.25, 0.3) is 0 Å². The third-order valence-electron chi connectivity index (χ3n) is 4.61. The summed E-state index contributed by atoms with van der Waals surface area (Å²) in [5.74, 6) is 0.769. The van der Waals surface area contributed by atoms with Crippen molar-refractivity contribution in [1.82, 2.24) is 14.9 Å². The zero-order chi connectivity index (χ0) is 19.9. The lowest BCUT2D eigenvalue weighted by Crippen LogP contribution is -2.39. The van der Waals surface area contributed by atoms with Gasteiger partial charge in [0.05, 0.1) is 13.3 Å². The number of aromatic nitrogens is 2. The molecule has 6 nitrogen and oxygen atoms in total. The molecular formula is C19H23ClF2N4O2. The van der Waals surface area contributed by atoms with E-state index in [2.05, 4.69) is 20.2 Å². The molecule has 152 valence electrons. The van der Waals surface area contributed by atoms with Crippen LogP contribution in [0.3, 0.4) is 0 Å². The van der Waals surface area contributed by atoms with Crippen molar-refractivity contribution in [2.75, 3.05) is 38.8 Å². The lowest BCUT2D eigenvalue weighted by molar-refractivity contribution is 0.210. The molecule has 1 aromatic heterocycles. The van der Waals surface area contributed by atoms with E-state index in [4.69, 9.17) is 21.1 Å². The van der Waals surface area contributed by atoms with Gasteiger partial charge in [-0.25, -0.2) is 13.8 Å². The number of nitrogens with one attached hydrogen (secondary N) is 1. The van der Waals surface area contributed by atoms with Crippen molar-refractivity contribution in [3.63, 3.8) is 0 Å². The Balaban J connectivity index is 1.54. The van der Waals surface area contributed by atoms with E-state index in [0.29, 0.717) is 11.5 Å². The average Bonchev–Trinajstić information content (AvgIpc) is 2.71. The van der Waals surface area contributed by atoms with Gasteiger partial charge in [-0.1, -0.05) is 6.07 Å². The summed E-state index contributed by atoms with van der Waals surface area (Å²) in [4.78, 5) is 9.83. The first-order valence-electron chi connectivity index (χ1n) is 9.11. The van der Waals surface area contributed by atoms with Crippen LogP contribution in [0.2, 0.25) is 5.28 Å². The predicted molar refractivity (Wildman–Crippen MR) is 103 cm³/mol. The first kappa shape index (κ1) is 20.5. The Morgan fingerprint density at radius 2 is 2.07 bits per heavy atom. The second-order valence-corrected chi connectivity index (χ2v) is 6.89. The lowest BCUT2D eigenvalue weighted by atomic mass is 10.0. The third-order valence-corrected chi connectivity index (χ3v) is 4.79. The van der Waals surface area contributed by atoms with E-state index in [0.717, 1.165) is 44.2 Å². The first-order chi connectivity index (χ1) is 13.6. The summed E-state index contributed by atoms with van der Waals surface area (Å²) in [6, 6.07) is 5.82. The van der Waals surface area contributed by atoms with Gasteiger partial charge in [0.1, 0.15) is 13.3 Å². The fourth-order valence-electron chi connectivity index (χ4n) is 3.21. The molecule has 1 aromatic carbocycles. The van der Waals surface area contributed by atoms with E-state index in [1.165, 1.54) is 0 Å². The van der Waals surface area contributed by atoms with Crippen molar-refractivity contribution in [3.8, 4) is 11.5 Å². The van der Waals surface area contributed by atoms with Gasteiger partial charge in [0, 0.05) is 25.7 Å². The van der Waals surface area contributed by atoms with Crippen LogP contribution >= 0.6 is 11.6 Å². The van der Waals surface area contributed by atoms with Crippen LogP contribution in [0.15, 0.2) is 24.4 Å². The maximum atomic E-state index is 13.8. The Morgan fingerprint density at radius 1 is 1.29 bits per heavy atom. The van der Waals surface area contributed by atoms with Gasteiger partial charge >= 0.3 is 0 Å². The lowest BCUT2D eigenvalue weighted by Gasteiger charge is -2.32. The molecule has 1 aliphatic rings. The Morgan fingerprint density at radius 3 is 2.79 bits per heavy atom. The second kappa shape index (κ2) is 9.84. The van der Waals surface area contributed by atoms with Crippen molar-refractivity contribution in [2.24, 2.45) is 0 Å². The third kappa shape index (κ3) is 5.42. The van der Waals surface area contributed by atoms with Gasteiger partial charge in [-0.05, 0) is 42.1 Å². The summed E-state index contributed by atoms with van der Waals surface area (Å²) in [6.45, 7) is 1.90. The molecule has 9 heteroatoms. The molecule has 2 aromatic rings. The van der Waals surface area contributed by atoms with E-state index >= 15 is 0 Å². The van der Waals surface area contributed by atoms with Gasteiger partial charge in [-0.2, -0.15) is 4.98 Å². The molecule has 1 saturated heterocycles. The number of hydrogen-bond acceptors (Lipinski definition) is 6. The van der Waals surface area contributed by atoms with Crippen LogP contribution in [0.5, 0.6) is 11.5 Å². The molecule has 1 aliphatic heterocycles. The quantitative estimate of drug-likeness (QED) is 0.667. The summed E-state index contributed by atoms with van der Waals surface area (Å²) < 4.78 is 36.9. The van der Waals surface area contributed by atoms with Crippen molar-refractivity contribution in [2.45, 2.75) is 25.4 Å². The maximum Gasteiger partial charge on any atom is 0.224 e. The van der Waals surface area contributed by atoms with E-state index in [1.54, 1.807) is 7.11 Å². The van der Waals surface area contributed by atoms with E-state index in [1.807, 2.05) is 18.2 Å². The number of methoxy groups -OCH3 is 1. The molecule has 0 bridgehead atoms. The van der Waals surface area contributed by atoms with Crippen LogP contribution in [-0.4, -0.2) is 54.4 Å². The number of benzene rings is 1. The smallest absolute Gasteiger partial charge is 0.224 e. The molecule has 0 unspecified atom stereocenters. The highest BCUT2D eigenvalue weighted by Crippen LogP contribution is 2.29. The fraction of sp³-hybridized carbons (Fsp3) is 0.474. The number of nitrogens with zero attached hydrogens (tertiary/aromatic N) is 3. The molecule has 0 radical (unpaired) electrons. The fourth-order valence-corrected chi connectivity index (χ4v) is 3.35. The van der Waals surface area contributed by atoms with Crippen LogP contribution in [0.4, 0.5) is 14.6 Å². The SMILES string of the molecule is COc1ccc(CN2CCC(Nc3nc(Cl)ncc3F)CC2)cc1OCCF. The van der Waals surface area contributed by atoms with Crippen LogP contribution in [0.25, 0.3) is 0 Å². The highest BCUT2D eigenvalue weighted by Gasteiger charge is 2.21. The Labute approximate surface area is 167 Å². The van der Waals surface area contributed by atoms with E-state index < -0.39 is 12.5 Å². The molecular weight excluding hydrogens is 390 g/mol. The van der Waals surface area contributed by atoms with Crippen LogP contribution in [-0.2, 0) is 6.54 Å². The monoisotopic (exact) mass is 412 g/mol. The molecule has 0 aliphatic carbocycles. The molecule has 2 heterocycles. The Kier molecular flexibility index (Phi) is 7.22. The van der Waals surface area contributed by atoms with Crippen LogP contribution in [0.1, 0.15) is 18.4 Å². The van der Waals surface area contributed by atoms with Crippen LogP contribution < -0.4 is 14.8 Å². The van der Waals surface area contributed by atoms with Crippen molar-refractivity contribution in [3.05, 3.63) is 41.1 Å². The zero-order valence-electron chi connectivity index (χ0n) is 15.6. The summed E-state index contributed by atoms with van der Waals surface area (Å²) in [6.07, 6.45) is 2.77. The second-order valence-electron chi connectivity index (χ2n) is 6.55. The first-order valence-corrected chi connectivity index (χ1v) is 9.49. The largest absolute Gasteiger partial charge is 0.493 e. The van der Waals surface area contributed by atoms with Crippen molar-refractivity contribution in [1.29, 1.82) is 0 Å². The minimum atomic E-state index is -0.550.